The number of amides is 2. The Kier molecular flexibility index (Phi) is 4.98. The van der Waals surface area contributed by atoms with Crippen molar-refractivity contribution in [2.75, 3.05) is 37.6 Å². The van der Waals surface area contributed by atoms with Gasteiger partial charge in [-0.3, -0.25) is 9.59 Å². The Bertz CT molecular complexity index is 905. The van der Waals surface area contributed by atoms with Gasteiger partial charge >= 0.3 is 0 Å². The molecule has 2 aromatic rings. The molecule has 2 aliphatic heterocycles. The van der Waals surface area contributed by atoms with Crippen molar-refractivity contribution in [2.24, 2.45) is 0 Å². The van der Waals surface area contributed by atoms with Crippen LogP contribution in [0.1, 0.15) is 34.2 Å². The van der Waals surface area contributed by atoms with E-state index in [0.29, 0.717) is 50.9 Å². The molecule has 0 radical (unpaired) electrons. The number of benzene rings is 1. The van der Waals surface area contributed by atoms with Crippen molar-refractivity contribution < 1.29 is 9.59 Å². The second-order valence-electron chi connectivity index (χ2n) is 7.43. The van der Waals surface area contributed by atoms with Gasteiger partial charge in [-0.1, -0.05) is 24.3 Å². The van der Waals surface area contributed by atoms with E-state index in [1.54, 1.807) is 13.0 Å². The number of hydrogen-bond donors (Lipinski definition) is 0. The minimum Gasteiger partial charge on any atom is -0.339 e. The van der Waals surface area contributed by atoms with Crippen LogP contribution in [0.15, 0.2) is 30.3 Å². The van der Waals surface area contributed by atoms with E-state index >= 15 is 0 Å². The summed E-state index contributed by atoms with van der Waals surface area (Å²) >= 11 is 0. The van der Waals surface area contributed by atoms with Crippen molar-refractivity contribution in [1.29, 1.82) is 0 Å². The molecule has 7 heteroatoms. The lowest BCUT2D eigenvalue weighted by Gasteiger charge is -2.34. The minimum atomic E-state index is -0.0522. The number of carbonyl (C=O) groups is 2. The number of carbonyl (C=O) groups excluding carboxylic acids is 2. The molecule has 28 heavy (non-hydrogen) atoms. The summed E-state index contributed by atoms with van der Waals surface area (Å²) < 4.78 is 0. The fourth-order valence-electron chi connectivity index (χ4n) is 3.86. The summed E-state index contributed by atoms with van der Waals surface area (Å²) in [4.78, 5) is 39.5. The summed E-state index contributed by atoms with van der Waals surface area (Å²) in [5.41, 5.74) is 3.73. The third kappa shape index (κ3) is 3.69. The largest absolute Gasteiger partial charge is 0.339 e. The minimum absolute atomic E-state index is 0.0522. The first kappa shape index (κ1) is 18.4. The third-order valence-electron chi connectivity index (χ3n) is 5.49. The van der Waals surface area contributed by atoms with Gasteiger partial charge in [0, 0.05) is 51.9 Å². The Balaban J connectivity index is 1.51. The molecule has 0 saturated carbocycles. The van der Waals surface area contributed by atoms with Gasteiger partial charge < -0.3 is 14.7 Å². The molecule has 0 aliphatic carbocycles. The van der Waals surface area contributed by atoms with Crippen molar-refractivity contribution in [3.8, 4) is 0 Å². The Hall–Kier alpha value is -2.96. The zero-order valence-corrected chi connectivity index (χ0v) is 16.4. The SMILES string of the molecule is CC(=O)N1CCN(c2nc(C)cc(C(=O)N3CCc4ccccc4C3)n2)CC1. The van der Waals surface area contributed by atoms with Gasteiger partial charge in [0.05, 0.1) is 0 Å². The van der Waals surface area contributed by atoms with Crippen molar-refractivity contribution in [2.45, 2.75) is 26.8 Å². The molecule has 0 unspecified atom stereocenters. The first-order valence-corrected chi connectivity index (χ1v) is 9.73. The highest BCUT2D eigenvalue weighted by atomic mass is 16.2. The lowest BCUT2D eigenvalue weighted by atomic mass is 10.00. The van der Waals surface area contributed by atoms with E-state index in [1.165, 1.54) is 11.1 Å². The first-order valence-electron chi connectivity index (χ1n) is 9.73. The van der Waals surface area contributed by atoms with Crippen LogP contribution < -0.4 is 4.90 Å². The van der Waals surface area contributed by atoms with Crippen LogP contribution in [0.2, 0.25) is 0 Å². The average Bonchev–Trinajstić information content (AvgIpc) is 2.72. The lowest BCUT2D eigenvalue weighted by Crippen LogP contribution is -2.48. The predicted octanol–water partition coefficient (Wildman–Crippen LogP) is 1.65. The summed E-state index contributed by atoms with van der Waals surface area (Å²) in [6.45, 7) is 7.45. The van der Waals surface area contributed by atoms with Crippen LogP contribution in [0.25, 0.3) is 0 Å². The normalized spacial score (nSPS) is 16.7. The molecule has 0 atom stereocenters. The molecule has 1 aromatic heterocycles. The van der Waals surface area contributed by atoms with Gasteiger partial charge in [-0.05, 0) is 30.5 Å². The third-order valence-corrected chi connectivity index (χ3v) is 5.49. The molecule has 1 saturated heterocycles. The van der Waals surface area contributed by atoms with E-state index in [2.05, 4.69) is 27.0 Å². The van der Waals surface area contributed by atoms with Gasteiger partial charge in [0.1, 0.15) is 5.69 Å². The van der Waals surface area contributed by atoms with Crippen molar-refractivity contribution in [1.82, 2.24) is 19.8 Å². The monoisotopic (exact) mass is 379 g/mol. The summed E-state index contributed by atoms with van der Waals surface area (Å²) in [6.07, 6.45) is 0.867. The van der Waals surface area contributed by atoms with Crippen LogP contribution in [0.5, 0.6) is 0 Å². The average molecular weight is 379 g/mol. The van der Waals surface area contributed by atoms with Gasteiger partial charge in [0.2, 0.25) is 11.9 Å². The van der Waals surface area contributed by atoms with E-state index in [4.69, 9.17) is 0 Å². The highest BCUT2D eigenvalue weighted by molar-refractivity contribution is 5.92. The quantitative estimate of drug-likeness (QED) is 0.794. The molecular formula is C21H25N5O2. The second kappa shape index (κ2) is 7.58. The molecule has 146 valence electrons. The zero-order valence-electron chi connectivity index (χ0n) is 16.4. The summed E-state index contributed by atoms with van der Waals surface area (Å²) in [6, 6.07) is 10.0. The van der Waals surface area contributed by atoms with E-state index in [1.807, 2.05) is 28.9 Å². The second-order valence-corrected chi connectivity index (χ2v) is 7.43. The number of fused-ring (bicyclic) bond motifs is 1. The molecule has 0 spiro atoms. The van der Waals surface area contributed by atoms with Crippen LogP contribution in [0.4, 0.5) is 5.95 Å². The number of hydrogen-bond acceptors (Lipinski definition) is 5. The van der Waals surface area contributed by atoms with Gasteiger partial charge in [-0.2, -0.15) is 0 Å². The van der Waals surface area contributed by atoms with Crippen LogP contribution in [-0.4, -0.2) is 64.3 Å². The van der Waals surface area contributed by atoms with Gasteiger partial charge in [0.15, 0.2) is 0 Å². The maximum atomic E-state index is 13.1. The molecule has 4 rings (SSSR count). The Morgan fingerprint density at radius 3 is 2.36 bits per heavy atom. The van der Waals surface area contributed by atoms with Gasteiger partial charge in [-0.15, -0.1) is 0 Å². The maximum Gasteiger partial charge on any atom is 0.272 e. The molecular weight excluding hydrogens is 354 g/mol. The molecule has 2 amide bonds. The van der Waals surface area contributed by atoms with Gasteiger partial charge in [0.25, 0.3) is 5.91 Å². The van der Waals surface area contributed by atoms with Crippen LogP contribution >= 0.6 is 0 Å². The number of nitrogens with zero attached hydrogens (tertiary/aromatic N) is 5. The molecule has 0 bridgehead atoms. The van der Waals surface area contributed by atoms with E-state index < -0.39 is 0 Å². The van der Waals surface area contributed by atoms with Crippen molar-refractivity contribution in [3.63, 3.8) is 0 Å². The van der Waals surface area contributed by atoms with Crippen molar-refractivity contribution in [3.05, 3.63) is 52.8 Å². The first-order chi connectivity index (χ1) is 13.5. The number of aryl methyl sites for hydroxylation is 1. The summed E-state index contributed by atoms with van der Waals surface area (Å²) in [5, 5.41) is 0. The number of anilines is 1. The highest BCUT2D eigenvalue weighted by Crippen LogP contribution is 2.21. The van der Waals surface area contributed by atoms with E-state index in [9.17, 15) is 9.59 Å². The smallest absolute Gasteiger partial charge is 0.272 e. The molecule has 7 nitrogen and oxygen atoms in total. The number of aromatic nitrogens is 2. The maximum absolute atomic E-state index is 13.1. The standard InChI is InChI=1S/C21H25N5O2/c1-15-13-19(20(28)26-8-7-17-5-3-4-6-18(17)14-26)23-21(22-15)25-11-9-24(10-12-25)16(2)27/h3-6,13H,7-12,14H2,1-2H3. The van der Waals surface area contributed by atoms with Crippen molar-refractivity contribution >= 4 is 17.8 Å². The van der Waals surface area contributed by atoms with Gasteiger partial charge in [-0.25, -0.2) is 9.97 Å². The Morgan fingerprint density at radius 2 is 1.64 bits per heavy atom. The number of piperazine rings is 1. The fraction of sp³-hybridized carbons (Fsp3) is 0.429. The number of rotatable bonds is 2. The van der Waals surface area contributed by atoms with Crippen LogP contribution in [0.3, 0.4) is 0 Å². The topological polar surface area (TPSA) is 69.6 Å². The highest BCUT2D eigenvalue weighted by Gasteiger charge is 2.25. The van der Waals surface area contributed by atoms with Crippen LogP contribution in [-0.2, 0) is 17.8 Å². The Labute approximate surface area is 165 Å². The van der Waals surface area contributed by atoms with Crippen LogP contribution in [0, 0.1) is 6.92 Å². The molecule has 2 aliphatic rings. The fourth-order valence-corrected chi connectivity index (χ4v) is 3.86. The Morgan fingerprint density at radius 1 is 0.929 bits per heavy atom. The molecule has 3 heterocycles. The molecule has 1 fully saturated rings. The summed E-state index contributed by atoms with van der Waals surface area (Å²) in [7, 11) is 0. The van der Waals surface area contributed by atoms with E-state index in [0.717, 1.165) is 12.1 Å². The molecule has 0 N–H and O–H groups in total. The summed E-state index contributed by atoms with van der Waals surface area (Å²) in [5.74, 6) is 0.610. The zero-order chi connectivity index (χ0) is 19.7. The van der Waals surface area contributed by atoms with E-state index in [-0.39, 0.29) is 11.8 Å². The molecule has 1 aromatic carbocycles. The lowest BCUT2D eigenvalue weighted by molar-refractivity contribution is -0.129. The predicted molar refractivity (Wildman–Crippen MR) is 106 cm³/mol.